The monoisotopic (exact) mass is 213 g/mol. The van der Waals surface area contributed by atoms with E-state index in [4.69, 9.17) is 17.3 Å². The first-order chi connectivity index (χ1) is 6.54. The molecule has 0 amide bonds. The van der Waals surface area contributed by atoms with Gasteiger partial charge in [0.15, 0.2) is 0 Å². The van der Waals surface area contributed by atoms with E-state index in [9.17, 15) is 4.79 Å². The van der Waals surface area contributed by atoms with Gasteiger partial charge in [-0.3, -0.25) is 4.79 Å². The molecular formula is C10H12ClNO2. The minimum atomic E-state index is -0.323. The highest BCUT2D eigenvalue weighted by Crippen LogP contribution is 2.23. The van der Waals surface area contributed by atoms with Crippen molar-refractivity contribution in [1.29, 1.82) is 0 Å². The van der Waals surface area contributed by atoms with E-state index in [0.717, 1.165) is 5.56 Å². The number of nitrogen functional groups attached to an aromatic ring is 1. The van der Waals surface area contributed by atoms with Gasteiger partial charge < -0.3 is 10.5 Å². The van der Waals surface area contributed by atoms with Crippen molar-refractivity contribution in [3.8, 4) is 0 Å². The molecule has 0 heterocycles. The molecule has 0 fully saturated rings. The molecule has 2 N–H and O–H groups in total. The number of rotatable bonds is 2. The van der Waals surface area contributed by atoms with Gasteiger partial charge in [-0.05, 0) is 30.2 Å². The summed E-state index contributed by atoms with van der Waals surface area (Å²) in [4.78, 5) is 11.0. The molecule has 0 spiro atoms. The topological polar surface area (TPSA) is 52.3 Å². The molecule has 0 unspecified atom stereocenters. The van der Waals surface area contributed by atoms with Gasteiger partial charge in [-0.15, -0.1) is 0 Å². The second-order valence-electron chi connectivity index (χ2n) is 3.05. The predicted molar refractivity (Wildman–Crippen MR) is 56.3 cm³/mol. The molecule has 1 rings (SSSR count). The molecule has 76 valence electrons. The van der Waals surface area contributed by atoms with Crippen LogP contribution in [0.2, 0.25) is 5.02 Å². The van der Waals surface area contributed by atoms with Crippen LogP contribution in [-0.2, 0) is 16.0 Å². The summed E-state index contributed by atoms with van der Waals surface area (Å²) >= 11 is 5.90. The van der Waals surface area contributed by atoms with E-state index in [1.807, 2.05) is 6.92 Å². The number of nitrogens with two attached hydrogens (primary N) is 1. The van der Waals surface area contributed by atoms with E-state index in [0.29, 0.717) is 16.3 Å². The van der Waals surface area contributed by atoms with Gasteiger partial charge in [0.05, 0.1) is 13.5 Å². The summed E-state index contributed by atoms with van der Waals surface area (Å²) in [6, 6.07) is 3.45. The Morgan fingerprint density at radius 3 is 2.79 bits per heavy atom. The van der Waals surface area contributed by atoms with E-state index in [2.05, 4.69) is 4.74 Å². The Labute approximate surface area is 87.8 Å². The second-order valence-corrected chi connectivity index (χ2v) is 3.46. The Morgan fingerprint density at radius 1 is 1.57 bits per heavy atom. The maximum atomic E-state index is 11.0. The Kier molecular flexibility index (Phi) is 3.36. The van der Waals surface area contributed by atoms with Crippen LogP contribution in [0.3, 0.4) is 0 Å². The van der Waals surface area contributed by atoms with Crippen LogP contribution < -0.4 is 5.73 Å². The zero-order chi connectivity index (χ0) is 10.7. The molecule has 4 heteroatoms. The quantitative estimate of drug-likeness (QED) is 0.604. The van der Waals surface area contributed by atoms with Crippen molar-refractivity contribution < 1.29 is 9.53 Å². The number of anilines is 1. The van der Waals surface area contributed by atoms with Crippen molar-refractivity contribution in [2.24, 2.45) is 0 Å². The molecule has 0 bridgehead atoms. The van der Waals surface area contributed by atoms with Gasteiger partial charge in [0.25, 0.3) is 0 Å². The fraction of sp³-hybridized carbons (Fsp3) is 0.300. The van der Waals surface area contributed by atoms with Gasteiger partial charge in [0, 0.05) is 10.7 Å². The van der Waals surface area contributed by atoms with Crippen molar-refractivity contribution in [3.05, 3.63) is 28.3 Å². The fourth-order valence-electron chi connectivity index (χ4n) is 1.13. The normalized spacial score (nSPS) is 9.93. The van der Waals surface area contributed by atoms with E-state index < -0.39 is 0 Å². The van der Waals surface area contributed by atoms with Crippen molar-refractivity contribution in [3.63, 3.8) is 0 Å². The molecule has 0 saturated heterocycles. The van der Waals surface area contributed by atoms with Crippen LogP contribution in [0, 0.1) is 6.92 Å². The maximum Gasteiger partial charge on any atom is 0.310 e. The molecule has 1 aromatic carbocycles. The van der Waals surface area contributed by atoms with E-state index >= 15 is 0 Å². The number of carbonyl (C=O) groups excluding carboxylic acids is 1. The van der Waals surface area contributed by atoms with Gasteiger partial charge >= 0.3 is 5.97 Å². The van der Waals surface area contributed by atoms with Crippen LogP contribution in [0.4, 0.5) is 5.69 Å². The van der Waals surface area contributed by atoms with E-state index in [1.165, 1.54) is 7.11 Å². The average Bonchev–Trinajstić information content (AvgIpc) is 2.14. The molecule has 0 radical (unpaired) electrons. The van der Waals surface area contributed by atoms with Gasteiger partial charge in [0.2, 0.25) is 0 Å². The Balaban J connectivity index is 2.98. The number of esters is 1. The number of halogens is 1. The first-order valence-corrected chi connectivity index (χ1v) is 4.53. The first-order valence-electron chi connectivity index (χ1n) is 4.16. The number of hydrogen-bond donors (Lipinski definition) is 1. The third kappa shape index (κ3) is 2.39. The Hall–Kier alpha value is -1.22. The van der Waals surface area contributed by atoms with Crippen LogP contribution in [0.25, 0.3) is 0 Å². The molecule has 0 aliphatic carbocycles. The zero-order valence-corrected chi connectivity index (χ0v) is 8.89. The SMILES string of the molecule is COC(=O)Cc1cc(Cl)c(C)cc1N. The smallest absolute Gasteiger partial charge is 0.310 e. The molecule has 1 aromatic rings. The highest BCUT2D eigenvalue weighted by atomic mass is 35.5. The summed E-state index contributed by atoms with van der Waals surface area (Å²) in [6.07, 6.45) is 0.155. The molecule has 0 aliphatic heterocycles. The van der Waals surface area contributed by atoms with Gasteiger partial charge in [-0.25, -0.2) is 0 Å². The minimum absolute atomic E-state index is 0.155. The third-order valence-electron chi connectivity index (χ3n) is 1.98. The molecule has 14 heavy (non-hydrogen) atoms. The van der Waals surface area contributed by atoms with Crippen LogP contribution in [0.5, 0.6) is 0 Å². The lowest BCUT2D eigenvalue weighted by molar-refractivity contribution is -0.139. The largest absolute Gasteiger partial charge is 0.469 e. The first kappa shape index (κ1) is 10.9. The van der Waals surface area contributed by atoms with Gasteiger partial charge in [-0.2, -0.15) is 0 Å². The predicted octanol–water partition coefficient (Wildman–Crippen LogP) is 1.95. The molecule has 3 nitrogen and oxygen atoms in total. The van der Waals surface area contributed by atoms with Crippen LogP contribution in [-0.4, -0.2) is 13.1 Å². The van der Waals surface area contributed by atoms with E-state index in [-0.39, 0.29) is 12.4 Å². The number of benzene rings is 1. The van der Waals surface area contributed by atoms with Crippen molar-refractivity contribution in [1.82, 2.24) is 0 Å². The highest BCUT2D eigenvalue weighted by molar-refractivity contribution is 6.31. The number of aryl methyl sites for hydroxylation is 1. The third-order valence-corrected chi connectivity index (χ3v) is 2.39. The Bertz CT molecular complexity index is 363. The van der Waals surface area contributed by atoms with Crippen LogP contribution in [0.1, 0.15) is 11.1 Å². The number of carbonyl (C=O) groups is 1. The molecule has 0 aliphatic rings. The second kappa shape index (κ2) is 4.33. The standard InChI is InChI=1S/C10H12ClNO2/c1-6-3-9(12)7(4-8(6)11)5-10(13)14-2/h3-4H,5,12H2,1-2H3. The summed E-state index contributed by atoms with van der Waals surface area (Å²) < 4.78 is 4.54. The van der Waals surface area contributed by atoms with Crippen molar-refractivity contribution >= 4 is 23.3 Å². The van der Waals surface area contributed by atoms with E-state index in [1.54, 1.807) is 12.1 Å². The van der Waals surface area contributed by atoms with Gasteiger partial charge in [0.1, 0.15) is 0 Å². The lowest BCUT2D eigenvalue weighted by Crippen LogP contribution is -2.07. The summed E-state index contributed by atoms with van der Waals surface area (Å²) in [5.74, 6) is -0.323. The number of hydrogen-bond acceptors (Lipinski definition) is 3. The lowest BCUT2D eigenvalue weighted by atomic mass is 10.1. The maximum absolute atomic E-state index is 11.0. The highest BCUT2D eigenvalue weighted by Gasteiger charge is 2.08. The van der Waals surface area contributed by atoms with Crippen molar-refractivity contribution in [2.75, 3.05) is 12.8 Å². The number of ether oxygens (including phenoxy) is 1. The van der Waals surface area contributed by atoms with Crippen LogP contribution >= 0.6 is 11.6 Å². The van der Waals surface area contributed by atoms with Gasteiger partial charge in [-0.1, -0.05) is 11.6 Å². The lowest BCUT2D eigenvalue weighted by Gasteiger charge is -2.07. The minimum Gasteiger partial charge on any atom is -0.469 e. The molecular weight excluding hydrogens is 202 g/mol. The van der Waals surface area contributed by atoms with Crippen molar-refractivity contribution in [2.45, 2.75) is 13.3 Å². The average molecular weight is 214 g/mol. The molecule has 0 aromatic heterocycles. The fourth-order valence-corrected chi connectivity index (χ4v) is 1.31. The number of methoxy groups -OCH3 is 1. The van der Waals surface area contributed by atoms with Crippen LogP contribution in [0.15, 0.2) is 12.1 Å². The Morgan fingerprint density at radius 2 is 2.21 bits per heavy atom. The molecule has 0 atom stereocenters. The summed E-state index contributed by atoms with van der Waals surface area (Å²) in [5.41, 5.74) is 7.90. The summed E-state index contributed by atoms with van der Waals surface area (Å²) in [7, 11) is 1.34. The molecule has 0 saturated carbocycles. The summed E-state index contributed by atoms with van der Waals surface area (Å²) in [5, 5.41) is 0.609. The zero-order valence-electron chi connectivity index (χ0n) is 8.13. The summed E-state index contributed by atoms with van der Waals surface area (Å²) in [6.45, 7) is 1.86.